The normalized spacial score (nSPS) is 33.9. The van der Waals surface area contributed by atoms with Crippen LogP contribution >= 0.6 is 0 Å². The van der Waals surface area contributed by atoms with Gasteiger partial charge >= 0.3 is 0 Å². The lowest BCUT2D eigenvalue weighted by Crippen LogP contribution is -2.61. The molecule has 0 amide bonds. The van der Waals surface area contributed by atoms with Crippen molar-refractivity contribution in [3.8, 4) is 0 Å². The van der Waals surface area contributed by atoms with Gasteiger partial charge in [-0.2, -0.15) is 0 Å². The Kier molecular flexibility index (Phi) is 6.97. The maximum Gasteiger partial charge on any atom is 0.0645 e. The summed E-state index contributed by atoms with van der Waals surface area (Å²) in [5, 5.41) is 0. The smallest absolute Gasteiger partial charge is 0.0645 e. The Morgan fingerprint density at radius 1 is 0.905 bits per heavy atom. The number of ether oxygens (including phenoxy) is 1. The SMILES string of the molecule is CC1(C)COCCN1C1CCCCCCCCCCC1N. The van der Waals surface area contributed by atoms with Gasteiger partial charge in [0, 0.05) is 24.2 Å². The van der Waals surface area contributed by atoms with Gasteiger partial charge in [-0.15, -0.1) is 0 Å². The Balaban J connectivity index is 2.00. The van der Waals surface area contributed by atoms with E-state index < -0.39 is 0 Å². The third kappa shape index (κ3) is 5.22. The van der Waals surface area contributed by atoms with Crippen molar-refractivity contribution in [2.45, 2.75) is 95.7 Å². The molecule has 1 aliphatic heterocycles. The van der Waals surface area contributed by atoms with Gasteiger partial charge < -0.3 is 10.5 Å². The van der Waals surface area contributed by atoms with E-state index in [1.54, 1.807) is 0 Å². The standard InChI is InChI=1S/C18H36N2O/c1-18(2)15-21-14-13-20(18)17-12-10-8-6-4-3-5-7-9-11-16(17)19/h16-17H,3-15,19H2,1-2H3. The Bertz CT molecular complexity index is 293. The summed E-state index contributed by atoms with van der Waals surface area (Å²) in [6.07, 6.45) is 13.5. The molecule has 0 aromatic rings. The van der Waals surface area contributed by atoms with Gasteiger partial charge in [0.1, 0.15) is 0 Å². The highest BCUT2D eigenvalue weighted by molar-refractivity contribution is 4.93. The highest BCUT2D eigenvalue weighted by atomic mass is 16.5. The molecule has 0 aromatic carbocycles. The molecule has 2 unspecified atom stereocenters. The fourth-order valence-electron chi connectivity index (χ4n) is 4.07. The molecule has 0 radical (unpaired) electrons. The highest BCUT2D eigenvalue weighted by Gasteiger charge is 2.37. The lowest BCUT2D eigenvalue weighted by atomic mass is 9.89. The van der Waals surface area contributed by atoms with Gasteiger partial charge in [0.25, 0.3) is 0 Å². The molecule has 21 heavy (non-hydrogen) atoms. The molecule has 2 fully saturated rings. The van der Waals surface area contributed by atoms with Crippen LogP contribution in [0.25, 0.3) is 0 Å². The van der Waals surface area contributed by atoms with Crippen LogP contribution in [0.4, 0.5) is 0 Å². The molecule has 2 atom stereocenters. The maximum absolute atomic E-state index is 6.63. The molecule has 124 valence electrons. The van der Waals surface area contributed by atoms with Crippen LogP contribution in [0.15, 0.2) is 0 Å². The fourth-order valence-corrected chi connectivity index (χ4v) is 4.07. The molecular formula is C18H36N2O. The van der Waals surface area contributed by atoms with Crippen molar-refractivity contribution in [1.82, 2.24) is 4.90 Å². The quantitative estimate of drug-likeness (QED) is 0.801. The van der Waals surface area contributed by atoms with Crippen molar-refractivity contribution < 1.29 is 4.74 Å². The zero-order chi connectivity index (χ0) is 15.1. The van der Waals surface area contributed by atoms with Crippen LogP contribution in [0, 0.1) is 0 Å². The van der Waals surface area contributed by atoms with E-state index >= 15 is 0 Å². The summed E-state index contributed by atoms with van der Waals surface area (Å²) >= 11 is 0. The summed E-state index contributed by atoms with van der Waals surface area (Å²) in [5.74, 6) is 0. The van der Waals surface area contributed by atoms with Crippen LogP contribution < -0.4 is 5.73 Å². The molecule has 3 nitrogen and oxygen atoms in total. The maximum atomic E-state index is 6.63. The molecule has 1 heterocycles. The number of hydrogen-bond donors (Lipinski definition) is 1. The average Bonchev–Trinajstić information content (AvgIpc) is 2.43. The molecule has 0 bridgehead atoms. The van der Waals surface area contributed by atoms with E-state index in [2.05, 4.69) is 18.7 Å². The monoisotopic (exact) mass is 296 g/mol. The van der Waals surface area contributed by atoms with Gasteiger partial charge in [0.2, 0.25) is 0 Å². The molecule has 1 saturated heterocycles. The molecule has 2 aliphatic rings. The average molecular weight is 296 g/mol. The molecule has 1 saturated carbocycles. The molecule has 1 aliphatic carbocycles. The molecule has 2 N–H and O–H groups in total. The van der Waals surface area contributed by atoms with Crippen molar-refractivity contribution in [2.75, 3.05) is 19.8 Å². The minimum atomic E-state index is 0.137. The van der Waals surface area contributed by atoms with Gasteiger partial charge in [0.05, 0.1) is 13.2 Å². The highest BCUT2D eigenvalue weighted by Crippen LogP contribution is 2.28. The van der Waals surface area contributed by atoms with Crippen molar-refractivity contribution in [3.05, 3.63) is 0 Å². The largest absolute Gasteiger partial charge is 0.378 e. The number of hydrogen-bond acceptors (Lipinski definition) is 3. The van der Waals surface area contributed by atoms with Crippen LogP contribution in [-0.4, -0.2) is 42.3 Å². The van der Waals surface area contributed by atoms with Gasteiger partial charge in [-0.1, -0.05) is 51.4 Å². The topological polar surface area (TPSA) is 38.5 Å². The van der Waals surface area contributed by atoms with Crippen LogP contribution in [0.5, 0.6) is 0 Å². The Labute approximate surface area is 131 Å². The summed E-state index contributed by atoms with van der Waals surface area (Å²) in [6, 6.07) is 0.880. The second-order valence-electron chi connectivity index (χ2n) is 7.70. The van der Waals surface area contributed by atoms with E-state index in [1.807, 2.05) is 0 Å². The van der Waals surface area contributed by atoms with Gasteiger partial charge in [-0.3, -0.25) is 4.90 Å². The lowest BCUT2D eigenvalue weighted by molar-refractivity contribution is -0.0788. The second kappa shape index (κ2) is 8.50. The fraction of sp³-hybridized carbons (Fsp3) is 1.00. The first-order valence-electron chi connectivity index (χ1n) is 9.21. The predicted octanol–water partition coefficient (Wildman–Crippen LogP) is 3.71. The first-order valence-corrected chi connectivity index (χ1v) is 9.21. The van der Waals surface area contributed by atoms with Gasteiger partial charge in [0.15, 0.2) is 0 Å². The van der Waals surface area contributed by atoms with Crippen molar-refractivity contribution in [1.29, 1.82) is 0 Å². The van der Waals surface area contributed by atoms with Crippen molar-refractivity contribution in [3.63, 3.8) is 0 Å². The predicted molar refractivity (Wildman–Crippen MR) is 89.5 cm³/mol. The summed E-state index contributed by atoms with van der Waals surface area (Å²) in [6.45, 7) is 7.39. The van der Waals surface area contributed by atoms with E-state index in [1.165, 1.54) is 64.2 Å². The molecule has 3 heteroatoms. The van der Waals surface area contributed by atoms with Crippen LogP contribution in [0.2, 0.25) is 0 Å². The summed E-state index contributed by atoms with van der Waals surface area (Å²) in [4.78, 5) is 2.66. The number of morpholine rings is 1. The number of nitrogens with zero attached hydrogens (tertiary/aromatic N) is 1. The van der Waals surface area contributed by atoms with E-state index in [0.717, 1.165) is 19.8 Å². The molecular weight excluding hydrogens is 260 g/mol. The molecule has 0 spiro atoms. The molecule has 2 rings (SSSR count). The van der Waals surface area contributed by atoms with Gasteiger partial charge in [-0.25, -0.2) is 0 Å². The minimum absolute atomic E-state index is 0.137. The number of nitrogens with two attached hydrogens (primary N) is 1. The third-order valence-corrected chi connectivity index (χ3v) is 5.39. The third-order valence-electron chi connectivity index (χ3n) is 5.39. The van der Waals surface area contributed by atoms with Gasteiger partial charge in [-0.05, 0) is 26.7 Å². The van der Waals surface area contributed by atoms with Crippen molar-refractivity contribution in [2.24, 2.45) is 5.73 Å². The Hall–Kier alpha value is -0.120. The van der Waals surface area contributed by atoms with E-state index in [4.69, 9.17) is 10.5 Å². The van der Waals surface area contributed by atoms with Crippen LogP contribution in [0.1, 0.15) is 78.1 Å². The minimum Gasteiger partial charge on any atom is -0.378 e. The molecule has 0 aromatic heterocycles. The first kappa shape index (κ1) is 17.2. The summed E-state index contributed by atoms with van der Waals surface area (Å²) < 4.78 is 5.70. The zero-order valence-corrected chi connectivity index (χ0v) is 14.3. The van der Waals surface area contributed by atoms with E-state index in [9.17, 15) is 0 Å². The Morgan fingerprint density at radius 2 is 1.48 bits per heavy atom. The van der Waals surface area contributed by atoms with Crippen LogP contribution in [-0.2, 0) is 4.74 Å². The summed E-state index contributed by atoms with van der Waals surface area (Å²) in [7, 11) is 0. The van der Waals surface area contributed by atoms with E-state index in [0.29, 0.717) is 12.1 Å². The van der Waals surface area contributed by atoms with Crippen molar-refractivity contribution >= 4 is 0 Å². The summed E-state index contributed by atoms with van der Waals surface area (Å²) in [5.41, 5.74) is 6.76. The van der Waals surface area contributed by atoms with E-state index in [-0.39, 0.29) is 5.54 Å². The number of rotatable bonds is 1. The first-order chi connectivity index (χ1) is 10.1. The lowest BCUT2D eigenvalue weighted by Gasteiger charge is -2.48. The van der Waals surface area contributed by atoms with Crippen LogP contribution in [0.3, 0.4) is 0 Å². The second-order valence-corrected chi connectivity index (χ2v) is 7.70. The zero-order valence-electron chi connectivity index (χ0n) is 14.3. The Morgan fingerprint density at radius 3 is 2.10 bits per heavy atom.